The van der Waals surface area contributed by atoms with E-state index in [0.29, 0.717) is 21.7 Å². The molecule has 0 atom stereocenters. The lowest BCUT2D eigenvalue weighted by Crippen LogP contribution is -2.06. The molecule has 162 valence electrons. The van der Waals surface area contributed by atoms with E-state index in [9.17, 15) is 0 Å². The predicted octanol–water partition coefficient (Wildman–Crippen LogP) is 10.2. The topological polar surface area (TPSA) is 0 Å². The summed E-state index contributed by atoms with van der Waals surface area (Å²) in [5.41, 5.74) is 2.09. The first-order chi connectivity index (χ1) is 10.7. The van der Waals surface area contributed by atoms with Gasteiger partial charge in [0.1, 0.15) is 0 Å². The van der Waals surface area contributed by atoms with Crippen LogP contribution in [0.15, 0.2) is 12.7 Å². The summed E-state index contributed by atoms with van der Waals surface area (Å²) in [4.78, 5) is 0. The molecular weight excluding hydrogens is 312 g/mol. The average molecular weight is 371 g/mol. The fourth-order valence-electron chi connectivity index (χ4n) is 1.38. The van der Waals surface area contributed by atoms with Gasteiger partial charge >= 0.3 is 0 Å². The summed E-state index contributed by atoms with van der Waals surface area (Å²) < 4.78 is 0. The van der Waals surface area contributed by atoms with Crippen molar-refractivity contribution in [1.29, 1.82) is 0 Å². The second kappa shape index (κ2) is 13.8. The van der Waals surface area contributed by atoms with E-state index in [-0.39, 0.29) is 7.43 Å². The van der Waals surface area contributed by atoms with Crippen molar-refractivity contribution in [3.05, 3.63) is 12.7 Å². The molecule has 0 aliphatic heterocycles. The van der Waals surface area contributed by atoms with Crippen molar-refractivity contribution < 1.29 is 0 Å². The number of rotatable bonds is 1. The van der Waals surface area contributed by atoms with Crippen molar-refractivity contribution >= 4 is 0 Å². The summed E-state index contributed by atoms with van der Waals surface area (Å²) >= 11 is 0. The molecule has 0 unspecified atom stereocenters. The van der Waals surface area contributed by atoms with Crippen LogP contribution in [-0.2, 0) is 0 Å². The molecule has 1 fully saturated rings. The van der Waals surface area contributed by atoms with E-state index in [1.165, 1.54) is 19.3 Å². The molecule has 0 radical (unpaired) electrons. The maximum absolute atomic E-state index is 3.65. The average Bonchev–Trinajstić information content (AvgIpc) is 3.07. The van der Waals surface area contributed by atoms with Gasteiger partial charge in [-0.1, -0.05) is 117 Å². The first kappa shape index (κ1) is 33.3. The van der Waals surface area contributed by atoms with Crippen LogP contribution in [0, 0.1) is 27.6 Å². The van der Waals surface area contributed by atoms with Gasteiger partial charge in [0.15, 0.2) is 0 Å². The molecule has 1 rings (SSSR count). The third-order valence-corrected chi connectivity index (χ3v) is 3.62. The van der Waals surface area contributed by atoms with Crippen molar-refractivity contribution in [2.45, 2.75) is 130 Å². The molecule has 0 aromatic carbocycles. The third kappa shape index (κ3) is 49.6. The minimum atomic E-state index is 0. The molecule has 0 N–H and O–H groups in total. The van der Waals surface area contributed by atoms with Crippen LogP contribution in [0.5, 0.6) is 0 Å². The summed E-state index contributed by atoms with van der Waals surface area (Å²) in [5.74, 6) is 1.05. The van der Waals surface area contributed by atoms with Crippen molar-refractivity contribution in [3.8, 4) is 0 Å². The minimum absolute atomic E-state index is 0. The highest BCUT2D eigenvalue weighted by atomic mass is 14.4. The number of hydrogen-bond acceptors (Lipinski definition) is 0. The Labute approximate surface area is 170 Å². The quantitative estimate of drug-likeness (QED) is 0.402. The monoisotopic (exact) mass is 370 g/mol. The van der Waals surface area contributed by atoms with Gasteiger partial charge in [-0.05, 0) is 46.8 Å². The molecule has 1 aliphatic carbocycles. The molecule has 0 amide bonds. The minimum Gasteiger partial charge on any atom is -0.103 e. The van der Waals surface area contributed by atoms with Crippen LogP contribution in [0.3, 0.4) is 0 Å². The summed E-state index contributed by atoms with van der Waals surface area (Å²) in [6.07, 6.45) is 7.28. The maximum atomic E-state index is 3.65. The first-order valence-corrected chi connectivity index (χ1v) is 10.3. The number of hydrogen-bond donors (Lipinski definition) is 0. The van der Waals surface area contributed by atoms with Gasteiger partial charge < -0.3 is 0 Å². The molecule has 0 bridgehead atoms. The zero-order valence-corrected chi connectivity index (χ0v) is 20.7. The van der Waals surface area contributed by atoms with E-state index in [0.717, 1.165) is 12.3 Å². The van der Waals surface area contributed by atoms with Gasteiger partial charge in [-0.2, -0.15) is 0 Å². The predicted molar refractivity (Wildman–Crippen MR) is 128 cm³/mol. The Morgan fingerprint density at radius 3 is 1.00 bits per heavy atom. The summed E-state index contributed by atoms with van der Waals surface area (Å²) in [6, 6.07) is 0. The molecule has 0 heterocycles. The largest absolute Gasteiger partial charge is 0.103 e. The van der Waals surface area contributed by atoms with Gasteiger partial charge in [-0.25, -0.2) is 0 Å². The Morgan fingerprint density at radius 2 is 1.00 bits per heavy atom. The highest BCUT2D eigenvalue weighted by molar-refractivity contribution is 4.84. The fraction of sp³-hybridized carbons (Fsp3) is 0.923. The molecule has 0 aromatic rings. The van der Waals surface area contributed by atoms with Gasteiger partial charge in [0.2, 0.25) is 0 Å². The van der Waals surface area contributed by atoms with Gasteiger partial charge in [-0.15, -0.1) is 6.58 Å². The van der Waals surface area contributed by atoms with Crippen LogP contribution in [0.4, 0.5) is 0 Å². The van der Waals surface area contributed by atoms with Gasteiger partial charge in [0.05, 0.1) is 0 Å². The maximum Gasteiger partial charge on any atom is -0.0304 e. The summed E-state index contributed by atoms with van der Waals surface area (Å²) in [5, 5.41) is 0. The molecule has 26 heavy (non-hydrogen) atoms. The van der Waals surface area contributed by atoms with Crippen LogP contribution in [0.2, 0.25) is 0 Å². The molecular formula is C26H58. The Hall–Kier alpha value is -0.260. The zero-order chi connectivity index (χ0) is 21.1. The molecule has 0 saturated heterocycles. The Morgan fingerprint density at radius 1 is 0.731 bits per heavy atom. The van der Waals surface area contributed by atoms with Crippen molar-refractivity contribution in [3.63, 3.8) is 0 Å². The second-order valence-electron chi connectivity index (χ2n) is 12.6. The first-order valence-electron chi connectivity index (χ1n) is 10.3. The highest BCUT2D eigenvalue weighted by Crippen LogP contribution is 2.44. The van der Waals surface area contributed by atoms with Gasteiger partial charge in [0.25, 0.3) is 0 Å². The summed E-state index contributed by atoms with van der Waals surface area (Å²) in [7, 11) is 0. The van der Waals surface area contributed by atoms with Crippen LogP contribution < -0.4 is 0 Å². The molecule has 0 aromatic heterocycles. The fourth-order valence-corrected chi connectivity index (χ4v) is 1.38. The van der Waals surface area contributed by atoms with Gasteiger partial charge in [-0.3, -0.25) is 0 Å². The molecule has 0 spiro atoms. The summed E-state index contributed by atoms with van der Waals surface area (Å²) in [6.45, 7) is 34.9. The molecule has 1 saturated carbocycles. The number of allylic oxidation sites excluding steroid dienone is 1. The smallest absolute Gasteiger partial charge is 0.0304 e. The van der Waals surface area contributed by atoms with E-state index in [2.05, 4.69) is 104 Å². The molecule has 0 nitrogen and oxygen atoms in total. The van der Waals surface area contributed by atoms with Gasteiger partial charge in [0, 0.05) is 0 Å². The SMILES string of the molecule is C.C=CCC(C)(C)C.CC(C)(C)C.CC(C)(C)C1CC1.CCC(C)(C)C. The van der Waals surface area contributed by atoms with E-state index >= 15 is 0 Å². The normalized spacial score (nSPS) is 14.2. The lowest BCUT2D eigenvalue weighted by molar-refractivity contribution is 0.351. The van der Waals surface area contributed by atoms with Crippen LogP contribution >= 0.6 is 0 Å². The van der Waals surface area contributed by atoms with E-state index in [1.54, 1.807) is 0 Å². The zero-order valence-electron chi connectivity index (χ0n) is 20.7. The van der Waals surface area contributed by atoms with Crippen LogP contribution in [-0.4, -0.2) is 0 Å². The van der Waals surface area contributed by atoms with E-state index in [1.807, 2.05) is 6.08 Å². The van der Waals surface area contributed by atoms with Crippen molar-refractivity contribution in [1.82, 2.24) is 0 Å². The second-order valence-corrected chi connectivity index (χ2v) is 12.6. The van der Waals surface area contributed by atoms with E-state index in [4.69, 9.17) is 0 Å². The van der Waals surface area contributed by atoms with Crippen LogP contribution in [0.1, 0.15) is 130 Å². The standard InChI is InChI=1S/2C7H14.C6H14.C5H12.CH4/c1-7(2,3)6-4-5-6;1-5-6-7(2,3)4;1-5-6(2,3)4;1-5(2,3)4;/h6H,4-5H2,1-3H3;5H,1,6H2,2-4H3;5H2,1-4H3;1-4H3;1H4. The Bertz CT molecular complexity index is 296. The molecule has 1 aliphatic rings. The van der Waals surface area contributed by atoms with E-state index < -0.39 is 0 Å². The highest BCUT2D eigenvalue weighted by Gasteiger charge is 2.33. The Balaban J connectivity index is -0.000000124. The van der Waals surface area contributed by atoms with Crippen LogP contribution in [0.25, 0.3) is 0 Å². The lowest BCUT2D eigenvalue weighted by atomic mass is 9.91. The Kier molecular flexibility index (Phi) is 17.7. The molecule has 0 heteroatoms. The third-order valence-electron chi connectivity index (χ3n) is 3.62. The lowest BCUT2D eigenvalue weighted by Gasteiger charge is -2.15. The van der Waals surface area contributed by atoms with Crippen molar-refractivity contribution in [2.75, 3.05) is 0 Å². The van der Waals surface area contributed by atoms with Crippen molar-refractivity contribution in [2.24, 2.45) is 27.6 Å².